The molecule has 42 heavy (non-hydrogen) atoms. The Morgan fingerprint density at radius 2 is 1.19 bits per heavy atom. The number of aryl methyl sites for hydroxylation is 2. The lowest BCUT2D eigenvalue weighted by Crippen LogP contribution is -1.87. The zero-order valence-electron chi connectivity index (χ0n) is 23.1. The average Bonchev–Trinajstić information content (AvgIpc) is 3.74. The molecule has 0 aliphatic heterocycles. The van der Waals surface area contributed by atoms with Crippen molar-refractivity contribution in [1.82, 2.24) is 9.13 Å². The van der Waals surface area contributed by atoms with Crippen molar-refractivity contribution in [1.29, 1.82) is 0 Å². The molecule has 198 valence electrons. The summed E-state index contributed by atoms with van der Waals surface area (Å²) in [6, 6.07) is 40.0. The molecule has 4 heterocycles. The number of para-hydroxylation sites is 2. The van der Waals surface area contributed by atoms with Gasteiger partial charge in [0.1, 0.15) is 11.2 Å². The van der Waals surface area contributed by atoms with E-state index in [1.165, 1.54) is 85.7 Å². The molecule has 4 heteroatoms. The van der Waals surface area contributed by atoms with Gasteiger partial charge in [0.15, 0.2) is 0 Å². The van der Waals surface area contributed by atoms with Crippen molar-refractivity contribution in [3.05, 3.63) is 109 Å². The van der Waals surface area contributed by atoms with Gasteiger partial charge in [0.25, 0.3) is 0 Å². The van der Waals surface area contributed by atoms with Crippen LogP contribution in [0.3, 0.4) is 0 Å². The number of thiophene rings is 1. The fourth-order valence-corrected chi connectivity index (χ4v) is 8.46. The van der Waals surface area contributed by atoms with Gasteiger partial charge in [-0.15, -0.1) is 11.3 Å². The molecule has 0 atom stereocenters. The molecule has 0 saturated heterocycles. The van der Waals surface area contributed by atoms with Crippen molar-refractivity contribution in [2.45, 2.75) is 0 Å². The van der Waals surface area contributed by atoms with Gasteiger partial charge in [0.2, 0.25) is 0 Å². The van der Waals surface area contributed by atoms with Crippen molar-refractivity contribution in [3.8, 4) is 11.1 Å². The highest BCUT2D eigenvalue weighted by molar-refractivity contribution is 7.26. The van der Waals surface area contributed by atoms with Crippen LogP contribution in [-0.2, 0) is 14.1 Å². The van der Waals surface area contributed by atoms with Gasteiger partial charge >= 0.3 is 0 Å². The molecule has 0 radical (unpaired) electrons. The van der Waals surface area contributed by atoms with Crippen LogP contribution in [0.5, 0.6) is 0 Å². The highest BCUT2D eigenvalue weighted by atomic mass is 32.1. The van der Waals surface area contributed by atoms with E-state index in [2.05, 4.69) is 120 Å². The van der Waals surface area contributed by atoms with Crippen LogP contribution in [-0.4, -0.2) is 9.13 Å². The molecule has 0 N–H and O–H groups in total. The van der Waals surface area contributed by atoms with Crippen LogP contribution >= 0.6 is 11.3 Å². The monoisotopic (exact) mass is 556 g/mol. The molecule has 0 amide bonds. The smallest absolute Gasteiger partial charge is 0.137 e. The fraction of sp³-hybridized carbons (Fsp3) is 0.0526. The number of hydrogen-bond acceptors (Lipinski definition) is 2. The molecule has 0 fully saturated rings. The van der Waals surface area contributed by atoms with Crippen molar-refractivity contribution in [2.24, 2.45) is 14.1 Å². The maximum atomic E-state index is 6.21. The zero-order chi connectivity index (χ0) is 27.7. The summed E-state index contributed by atoms with van der Waals surface area (Å²) in [5.41, 5.74) is 9.37. The normalized spacial score (nSPS) is 12.5. The van der Waals surface area contributed by atoms with E-state index in [1.807, 2.05) is 23.5 Å². The SMILES string of the molecule is Cn1c2cc(-c3ccc4c(c3)sc3ccc5c6ccccc6n(C)c5c34)ccc2c2cc3c(cc21)oc1ccccc13. The number of furan rings is 1. The summed E-state index contributed by atoms with van der Waals surface area (Å²) in [6.45, 7) is 0. The molecule has 0 unspecified atom stereocenters. The Morgan fingerprint density at radius 1 is 0.476 bits per heavy atom. The van der Waals surface area contributed by atoms with E-state index >= 15 is 0 Å². The molecule has 0 bridgehead atoms. The molecule has 3 nitrogen and oxygen atoms in total. The lowest BCUT2D eigenvalue weighted by Gasteiger charge is -2.05. The molecule has 0 aliphatic carbocycles. The van der Waals surface area contributed by atoms with Crippen LogP contribution in [0.1, 0.15) is 0 Å². The first kappa shape index (κ1) is 22.6. The number of benzene rings is 6. The number of rotatable bonds is 1. The second-order valence-corrected chi connectivity index (χ2v) is 12.6. The average molecular weight is 557 g/mol. The second-order valence-electron chi connectivity index (χ2n) is 11.5. The zero-order valence-corrected chi connectivity index (χ0v) is 23.9. The summed E-state index contributed by atoms with van der Waals surface area (Å²) in [6.07, 6.45) is 0. The Morgan fingerprint density at radius 3 is 2.10 bits per heavy atom. The van der Waals surface area contributed by atoms with Crippen molar-refractivity contribution < 1.29 is 4.42 Å². The molecular formula is C38H24N2OS. The van der Waals surface area contributed by atoms with E-state index in [9.17, 15) is 0 Å². The predicted octanol–water partition coefficient (Wildman–Crippen LogP) is 10.9. The highest BCUT2D eigenvalue weighted by Gasteiger charge is 2.17. The number of fused-ring (bicyclic) bond motifs is 13. The highest BCUT2D eigenvalue weighted by Crippen LogP contribution is 2.43. The molecular weight excluding hydrogens is 532 g/mol. The van der Waals surface area contributed by atoms with Crippen molar-refractivity contribution in [3.63, 3.8) is 0 Å². The maximum Gasteiger partial charge on any atom is 0.137 e. The van der Waals surface area contributed by atoms with E-state index in [1.54, 1.807) is 0 Å². The van der Waals surface area contributed by atoms with E-state index in [4.69, 9.17) is 4.42 Å². The first-order valence-electron chi connectivity index (χ1n) is 14.3. The molecule has 6 aromatic carbocycles. The van der Waals surface area contributed by atoms with Gasteiger partial charge in [-0.25, -0.2) is 0 Å². The molecule has 10 rings (SSSR count). The van der Waals surface area contributed by atoms with Crippen molar-refractivity contribution in [2.75, 3.05) is 0 Å². The topological polar surface area (TPSA) is 23.0 Å². The van der Waals surface area contributed by atoms with E-state index in [0.717, 1.165) is 11.2 Å². The van der Waals surface area contributed by atoms with Gasteiger partial charge in [0, 0.05) is 83.7 Å². The van der Waals surface area contributed by atoms with Crippen LogP contribution < -0.4 is 0 Å². The Kier molecular flexibility index (Phi) is 4.21. The second kappa shape index (κ2) is 7.81. The Balaban J connectivity index is 1.17. The first-order valence-corrected chi connectivity index (χ1v) is 15.1. The van der Waals surface area contributed by atoms with Crippen LogP contribution in [0, 0.1) is 0 Å². The summed E-state index contributed by atoms with van der Waals surface area (Å²) in [5, 5.41) is 10.2. The van der Waals surface area contributed by atoms with Gasteiger partial charge in [-0.2, -0.15) is 0 Å². The Labute approximate surface area is 244 Å². The quantitative estimate of drug-likeness (QED) is 0.197. The molecule has 0 aliphatic rings. The van der Waals surface area contributed by atoms with E-state index in [-0.39, 0.29) is 0 Å². The van der Waals surface area contributed by atoms with Gasteiger partial charge < -0.3 is 13.6 Å². The van der Waals surface area contributed by atoms with Crippen LogP contribution in [0.2, 0.25) is 0 Å². The standard InChI is InChI=1S/C38H24N2OS/c1-39-31-17-21(11-13-24(31)28-19-29-25-8-4-6-10-33(25)41-34(29)20-32(28)39)22-12-14-27-36(18-22)42-35-16-15-26-23-7-3-5-9-30(23)40(2)38(26)37(27)35/h3-20H,1-2H3. The fourth-order valence-electron chi connectivity index (χ4n) is 7.31. The summed E-state index contributed by atoms with van der Waals surface area (Å²) >= 11 is 1.89. The van der Waals surface area contributed by atoms with E-state index < -0.39 is 0 Å². The largest absolute Gasteiger partial charge is 0.456 e. The molecule has 10 aromatic rings. The first-order chi connectivity index (χ1) is 20.6. The predicted molar refractivity (Wildman–Crippen MR) is 180 cm³/mol. The molecule has 4 aromatic heterocycles. The third-order valence-electron chi connectivity index (χ3n) is 9.34. The van der Waals surface area contributed by atoms with Gasteiger partial charge in [-0.1, -0.05) is 66.7 Å². The van der Waals surface area contributed by atoms with Gasteiger partial charge in [0.05, 0.1) is 11.0 Å². The van der Waals surface area contributed by atoms with Crippen LogP contribution in [0.4, 0.5) is 0 Å². The summed E-state index contributed by atoms with van der Waals surface area (Å²) < 4.78 is 13.5. The Bertz CT molecular complexity index is 2770. The summed E-state index contributed by atoms with van der Waals surface area (Å²) in [7, 11) is 4.35. The summed E-state index contributed by atoms with van der Waals surface area (Å²) in [5.74, 6) is 0. The van der Waals surface area contributed by atoms with E-state index in [0.29, 0.717) is 0 Å². The minimum absolute atomic E-state index is 0.935. The summed E-state index contributed by atoms with van der Waals surface area (Å²) in [4.78, 5) is 0. The molecule has 0 saturated carbocycles. The minimum atomic E-state index is 0.935. The van der Waals surface area contributed by atoms with Crippen LogP contribution in [0.25, 0.3) is 96.8 Å². The lowest BCUT2D eigenvalue weighted by atomic mass is 10.0. The Hall–Kier alpha value is -5.06. The number of hydrogen-bond donors (Lipinski definition) is 0. The van der Waals surface area contributed by atoms with Gasteiger partial charge in [-0.3, -0.25) is 0 Å². The van der Waals surface area contributed by atoms with Crippen molar-refractivity contribution >= 4 is 97.1 Å². The third-order valence-corrected chi connectivity index (χ3v) is 10.5. The number of nitrogens with zero attached hydrogens (tertiary/aromatic N) is 2. The van der Waals surface area contributed by atoms with Gasteiger partial charge in [-0.05, 0) is 47.5 Å². The van der Waals surface area contributed by atoms with Crippen LogP contribution in [0.15, 0.2) is 114 Å². The molecule has 0 spiro atoms. The third kappa shape index (κ3) is 2.80. The lowest BCUT2D eigenvalue weighted by molar-refractivity contribution is 0.669. The minimum Gasteiger partial charge on any atom is -0.456 e. The maximum absolute atomic E-state index is 6.21. The number of aromatic nitrogens is 2.